The molecule has 0 aromatic carbocycles. The highest BCUT2D eigenvalue weighted by Gasteiger charge is 2.22. The molecule has 1 fully saturated rings. The van der Waals surface area contributed by atoms with Crippen molar-refractivity contribution in [2.45, 2.75) is 6.54 Å². The fraction of sp³-hybridized carbons (Fsp3) is 0.412. The monoisotopic (exact) mass is 355 g/mol. The molecule has 1 amide bonds. The first-order chi connectivity index (χ1) is 12.7. The minimum Gasteiger partial charge on any atom is -0.467 e. The lowest BCUT2D eigenvalue weighted by molar-refractivity contribution is -0.122. The number of rotatable bonds is 5. The Morgan fingerprint density at radius 1 is 1.27 bits per heavy atom. The van der Waals surface area contributed by atoms with E-state index in [0.29, 0.717) is 13.1 Å². The van der Waals surface area contributed by atoms with Crippen molar-refractivity contribution in [3.05, 3.63) is 36.7 Å². The predicted molar refractivity (Wildman–Crippen MR) is 95.5 cm³/mol. The molecule has 1 N–H and O–H groups in total. The molecule has 9 nitrogen and oxygen atoms in total. The van der Waals surface area contributed by atoms with E-state index in [1.807, 2.05) is 19.2 Å². The lowest BCUT2D eigenvalue weighted by Crippen LogP contribution is -2.49. The number of nitrogens with zero attached hydrogens (tertiary/aromatic N) is 6. The molecule has 3 aromatic rings. The van der Waals surface area contributed by atoms with E-state index in [-0.39, 0.29) is 5.91 Å². The Hall–Kier alpha value is -2.94. The van der Waals surface area contributed by atoms with Gasteiger partial charge in [-0.3, -0.25) is 14.4 Å². The molecule has 136 valence electrons. The molecule has 9 heteroatoms. The molecule has 0 saturated carbocycles. The third-order valence-electron chi connectivity index (χ3n) is 4.59. The van der Waals surface area contributed by atoms with Gasteiger partial charge in [0.05, 0.1) is 30.9 Å². The van der Waals surface area contributed by atoms with Crippen LogP contribution >= 0.6 is 0 Å². The molecule has 0 atom stereocenters. The zero-order valence-corrected chi connectivity index (χ0v) is 14.6. The second kappa shape index (κ2) is 7.12. The fourth-order valence-electron chi connectivity index (χ4n) is 3.18. The van der Waals surface area contributed by atoms with Crippen molar-refractivity contribution < 1.29 is 9.21 Å². The lowest BCUT2D eigenvalue weighted by Gasteiger charge is -2.35. The Balaban J connectivity index is 1.31. The summed E-state index contributed by atoms with van der Waals surface area (Å²) in [6.45, 7) is 4.05. The number of furan rings is 1. The van der Waals surface area contributed by atoms with Crippen molar-refractivity contribution in [3.63, 3.8) is 0 Å². The molecule has 26 heavy (non-hydrogen) atoms. The number of carbonyl (C=O) groups is 1. The number of nitrogens with one attached hydrogen (secondary N) is 1. The molecule has 4 rings (SSSR count). The van der Waals surface area contributed by atoms with Gasteiger partial charge in [-0.25, -0.2) is 9.97 Å². The van der Waals surface area contributed by atoms with Gasteiger partial charge in [-0.2, -0.15) is 5.10 Å². The molecular formula is C17H21N7O2. The number of amides is 1. The van der Waals surface area contributed by atoms with Crippen LogP contribution in [0.4, 0.5) is 5.82 Å². The molecule has 0 unspecified atom stereocenters. The maximum Gasteiger partial charge on any atom is 0.234 e. The van der Waals surface area contributed by atoms with Crippen molar-refractivity contribution in [3.8, 4) is 0 Å². The molecule has 0 spiro atoms. The van der Waals surface area contributed by atoms with Gasteiger partial charge in [0.15, 0.2) is 5.65 Å². The Morgan fingerprint density at radius 2 is 2.12 bits per heavy atom. The van der Waals surface area contributed by atoms with Crippen LogP contribution in [0.1, 0.15) is 5.76 Å². The minimum absolute atomic E-state index is 0.00605. The van der Waals surface area contributed by atoms with E-state index in [9.17, 15) is 4.79 Å². The SMILES string of the molecule is Cn1ncc2c(N3CCN(CC(=O)NCc4ccco4)CC3)ncnc21. The van der Waals surface area contributed by atoms with Crippen LogP contribution in [0.2, 0.25) is 0 Å². The Kier molecular flexibility index (Phi) is 4.53. The maximum absolute atomic E-state index is 12.1. The number of anilines is 1. The molecule has 4 heterocycles. The molecule has 3 aromatic heterocycles. The van der Waals surface area contributed by atoms with Crippen molar-refractivity contribution in [1.29, 1.82) is 0 Å². The van der Waals surface area contributed by atoms with Gasteiger partial charge in [-0.05, 0) is 12.1 Å². The highest BCUT2D eigenvalue weighted by Crippen LogP contribution is 2.23. The predicted octanol–water partition coefficient (Wildman–Crippen LogP) is 0.395. The number of fused-ring (bicyclic) bond motifs is 1. The Morgan fingerprint density at radius 3 is 2.88 bits per heavy atom. The van der Waals surface area contributed by atoms with Crippen LogP contribution in [0.25, 0.3) is 11.0 Å². The number of aryl methyl sites for hydroxylation is 1. The minimum atomic E-state index is 0.00605. The molecule has 1 aliphatic heterocycles. The van der Waals surface area contributed by atoms with Gasteiger partial charge < -0.3 is 14.6 Å². The summed E-state index contributed by atoms with van der Waals surface area (Å²) in [6, 6.07) is 3.66. The first kappa shape index (κ1) is 16.5. The molecule has 0 aliphatic carbocycles. The van der Waals surface area contributed by atoms with Crippen molar-refractivity contribution in [2.75, 3.05) is 37.6 Å². The average Bonchev–Trinajstić information content (AvgIpc) is 3.31. The van der Waals surface area contributed by atoms with Crippen molar-refractivity contribution in [1.82, 2.24) is 30.0 Å². The van der Waals surface area contributed by atoms with Crippen molar-refractivity contribution >= 4 is 22.8 Å². The van der Waals surface area contributed by atoms with E-state index in [1.54, 1.807) is 23.5 Å². The van der Waals surface area contributed by atoms with E-state index >= 15 is 0 Å². The Labute approximate surface area is 150 Å². The molecule has 1 saturated heterocycles. The summed E-state index contributed by atoms with van der Waals surface area (Å²) in [4.78, 5) is 25.2. The van der Waals surface area contributed by atoms with E-state index in [4.69, 9.17) is 4.42 Å². The highest BCUT2D eigenvalue weighted by atomic mass is 16.3. The summed E-state index contributed by atoms with van der Waals surface area (Å²) in [5.74, 6) is 1.67. The van der Waals surface area contributed by atoms with Gasteiger partial charge in [0.2, 0.25) is 5.91 Å². The quantitative estimate of drug-likeness (QED) is 0.708. The second-order valence-corrected chi connectivity index (χ2v) is 6.32. The summed E-state index contributed by atoms with van der Waals surface area (Å²) in [7, 11) is 1.87. The van der Waals surface area contributed by atoms with Crippen LogP contribution in [0.15, 0.2) is 35.3 Å². The third-order valence-corrected chi connectivity index (χ3v) is 4.59. The molecule has 0 radical (unpaired) electrons. The van der Waals surface area contributed by atoms with Gasteiger partial charge in [0.1, 0.15) is 17.9 Å². The van der Waals surface area contributed by atoms with Gasteiger partial charge in [-0.15, -0.1) is 0 Å². The van der Waals surface area contributed by atoms with Crippen LogP contribution in [-0.4, -0.2) is 63.3 Å². The van der Waals surface area contributed by atoms with Crippen LogP contribution in [0.3, 0.4) is 0 Å². The summed E-state index contributed by atoms with van der Waals surface area (Å²) < 4.78 is 6.97. The first-order valence-corrected chi connectivity index (χ1v) is 8.60. The standard InChI is InChI=1S/C17H21N7O2/c1-22-16-14(10-21-22)17(20-12-19-16)24-6-4-23(5-7-24)11-15(25)18-9-13-3-2-8-26-13/h2-3,8,10,12H,4-7,9,11H2,1H3,(H,18,25). The molecular weight excluding hydrogens is 334 g/mol. The number of piperazine rings is 1. The van der Waals surface area contributed by atoms with E-state index in [0.717, 1.165) is 48.8 Å². The Bertz CT molecular complexity index is 882. The summed E-state index contributed by atoms with van der Waals surface area (Å²) >= 11 is 0. The van der Waals surface area contributed by atoms with Gasteiger partial charge in [0.25, 0.3) is 0 Å². The third kappa shape index (κ3) is 3.38. The average molecular weight is 355 g/mol. The zero-order chi connectivity index (χ0) is 17.9. The van der Waals surface area contributed by atoms with Crippen LogP contribution < -0.4 is 10.2 Å². The van der Waals surface area contributed by atoms with Gasteiger partial charge >= 0.3 is 0 Å². The summed E-state index contributed by atoms with van der Waals surface area (Å²) in [6.07, 6.45) is 4.99. The van der Waals surface area contributed by atoms with Crippen LogP contribution in [0, 0.1) is 0 Å². The lowest BCUT2D eigenvalue weighted by atomic mass is 10.2. The number of aromatic nitrogens is 4. The largest absolute Gasteiger partial charge is 0.467 e. The van der Waals surface area contributed by atoms with Gasteiger partial charge in [0, 0.05) is 33.2 Å². The van der Waals surface area contributed by atoms with E-state index < -0.39 is 0 Å². The van der Waals surface area contributed by atoms with E-state index in [1.165, 1.54) is 0 Å². The molecule has 0 bridgehead atoms. The van der Waals surface area contributed by atoms with Crippen molar-refractivity contribution in [2.24, 2.45) is 7.05 Å². The molecule has 1 aliphatic rings. The first-order valence-electron chi connectivity index (χ1n) is 8.60. The number of hydrogen-bond acceptors (Lipinski definition) is 7. The fourth-order valence-corrected chi connectivity index (χ4v) is 3.18. The van der Waals surface area contributed by atoms with Crippen LogP contribution in [0.5, 0.6) is 0 Å². The highest BCUT2D eigenvalue weighted by molar-refractivity contribution is 5.86. The number of hydrogen-bond donors (Lipinski definition) is 1. The smallest absolute Gasteiger partial charge is 0.234 e. The number of carbonyl (C=O) groups excluding carboxylic acids is 1. The maximum atomic E-state index is 12.1. The van der Waals surface area contributed by atoms with Gasteiger partial charge in [-0.1, -0.05) is 0 Å². The topological polar surface area (TPSA) is 92.3 Å². The summed E-state index contributed by atoms with van der Waals surface area (Å²) in [5, 5.41) is 8.10. The van der Waals surface area contributed by atoms with Crippen LogP contribution in [-0.2, 0) is 18.4 Å². The zero-order valence-electron chi connectivity index (χ0n) is 14.6. The van der Waals surface area contributed by atoms with E-state index in [2.05, 4.69) is 30.2 Å². The normalized spacial score (nSPS) is 15.5. The second-order valence-electron chi connectivity index (χ2n) is 6.32. The summed E-state index contributed by atoms with van der Waals surface area (Å²) in [5.41, 5.74) is 0.828.